The summed E-state index contributed by atoms with van der Waals surface area (Å²) in [5.74, 6) is 0. The molecule has 3 heteroatoms. The quantitative estimate of drug-likeness (QED) is 0.414. The molecule has 1 nitrogen and oxygen atoms in total. The summed E-state index contributed by atoms with van der Waals surface area (Å²) in [6.07, 6.45) is 1.03. The van der Waals surface area contributed by atoms with Crippen LogP contribution in [0.3, 0.4) is 0 Å². The molecular formula is C22H24BrOP. The van der Waals surface area contributed by atoms with Crippen molar-refractivity contribution in [1.29, 1.82) is 0 Å². The second-order valence-electron chi connectivity index (χ2n) is 5.74. The number of hydrogen-bond acceptors (Lipinski definition) is 1. The summed E-state index contributed by atoms with van der Waals surface area (Å²) >= 11 is 0. The lowest BCUT2D eigenvalue weighted by Gasteiger charge is -2.27. The average molecular weight is 415 g/mol. The number of rotatable bonds is 7. The van der Waals surface area contributed by atoms with Gasteiger partial charge in [-0.05, 0) is 43.3 Å². The van der Waals surface area contributed by atoms with Crippen LogP contribution in [0.15, 0.2) is 91.0 Å². The van der Waals surface area contributed by atoms with Crippen LogP contribution in [0, 0.1) is 0 Å². The molecule has 0 aliphatic rings. The Balaban J connectivity index is 0.00000225. The summed E-state index contributed by atoms with van der Waals surface area (Å²) in [7, 11) is -1.71. The molecule has 0 saturated heterocycles. The highest BCUT2D eigenvalue weighted by Crippen LogP contribution is 2.54. The lowest BCUT2D eigenvalue weighted by molar-refractivity contribution is -0.00000555. The standard InChI is InChI=1S/C22H24OP.BrH/c1-2-23-18-19-24(20-12-6-3-7-13-20,21-14-8-4-9-15-21)22-16-10-5-11-17-22;/h3-17H,2,18-19H2,1H3;1H/q+1;/p-1. The molecule has 0 aliphatic heterocycles. The van der Waals surface area contributed by atoms with Crippen LogP contribution in [0.4, 0.5) is 0 Å². The average Bonchev–Trinajstić information content (AvgIpc) is 2.68. The molecule has 25 heavy (non-hydrogen) atoms. The van der Waals surface area contributed by atoms with Crippen molar-refractivity contribution in [2.45, 2.75) is 6.92 Å². The Bertz CT molecular complexity index is 635. The van der Waals surface area contributed by atoms with E-state index >= 15 is 0 Å². The van der Waals surface area contributed by atoms with Gasteiger partial charge in [0, 0.05) is 6.61 Å². The Kier molecular flexibility index (Phi) is 7.84. The van der Waals surface area contributed by atoms with Gasteiger partial charge in [0.15, 0.2) is 0 Å². The van der Waals surface area contributed by atoms with Gasteiger partial charge >= 0.3 is 0 Å². The molecule has 0 aromatic heterocycles. The maximum absolute atomic E-state index is 5.78. The van der Waals surface area contributed by atoms with Crippen molar-refractivity contribution in [3.05, 3.63) is 91.0 Å². The van der Waals surface area contributed by atoms with Crippen molar-refractivity contribution in [3.63, 3.8) is 0 Å². The van der Waals surface area contributed by atoms with E-state index in [-0.39, 0.29) is 17.0 Å². The van der Waals surface area contributed by atoms with E-state index in [0.717, 1.165) is 19.4 Å². The lowest BCUT2D eigenvalue weighted by atomic mass is 10.4. The molecule has 0 bridgehead atoms. The molecule has 0 unspecified atom stereocenters. The molecule has 3 rings (SSSR count). The van der Waals surface area contributed by atoms with E-state index in [2.05, 4.69) is 97.9 Å². The van der Waals surface area contributed by atoms with Crippen molar-refractivity contribution >= 4 is 23.2 Å². The molecule has 130 valence electrons. The largest absolute Gasteiger partial charge is 1.00 e. The number of hydrogen-bond donors (Lipinski definition) is 0. The molecule has 0 atom stereocenters. The van der Waals surface area contributed by atoms with Gasteiger partial charge < -0.3 is 21.7 Å². The minimum atomic E-state index is -1.71. The fraction of sp³-hybridized carbons (Fsp3) is 0.182. The summed E-state index contributed by atoms with van der Waals surface area (Å²) in [5, 5.41) is 4.26. The topological polar surface area (TPSA) is 9.23 Å². The molecule has 0 heterocycles. The minimum Gasteiger partial charge on any atom is -1.00 e. The van der Waals surface area contributed by atoms with Gasteiger partial charge in [-0.3, -0.25) is 0 Å². The van der Waals surface area contributed by atoms with Gasteiger partial charge in [0.2, 0.25) is 0 Å². The molecule has 3 aromatic rings. The molecule has 0 fully saturated rings. The molecule has 0 N–H and O–H groups in total. The first kappa shape index (κ1) is 19.8. The third-order valence-electron chi connectivity index (χ3n) is 4.37. The second-order valence-corrected chi connectivity index (χ2v) is 9.35. The van der Waals surface area contributed by atoms with Crippen LogP contribution in [0.2, 0.25) is 0 Å². The van der Waals surface area contributed by atoms with E-state index in [1.807, 2.05) is 0 Å². The van der Waals surface area contributed by atoms with Crippen molar-refractivity contribution in [2.75, 3.05) is 19.4 Å². The summed E-state index contributed by atoms with van der Waals surface area (Å²) < 4.78 is 5.78. The van der Waals surface area contributed by atoms with Crippen LogP contribution in [0.5, 0.6) is 0 Å². The van der Waals surface area contributed by atoms with Crippen molar-refractivity contribution in [1.82, 2.24) is 0 Å². The zero-order valence-electron chi connectivity index (χ0n) is 14.5. The lowest BCUT2D eigenvalue weighted by Crippen LogP contribution is -3.00. The van der Waals surface area contributed by atoms with Crippen molar-refractivity contribution in [3.8, 4) is 0 Å². The van der Waals surface area contributed by atoms with E-state index in [9.17, 15) is 0 Å². The van der Waals surface area contributed by atoms with Gasteiger partial charge in [0.1, 0.15) is 23.2 Å². The Morgan fingerprint density at radius 3 is 1.32 bits per heavy atom. The van der Waals surface area contributed by atoms with E-state index in [1.165, 1.54) is 15.9 Å². The highest BCUT2D eigenvalue weighted by atomic mass is 79.9. The monoisotopic (exact) mass is 414 g/mol. The minimum absolute atomic E-state index is 0. The molecule has 0 amide bonds. The predicted molar refractivity (Wildman–Crippen MR) is 107 cm³/mol. The van der Waals surface area contributed by atoms with Crippen LogP contribution in [-0.4, -0.2) is 19.4 Å². The Labute approximate surface area is 162 Å². The first-order valence-corrected chi connectivity index (χ1v) is 10.5. The van der Waals surface area contributed by atoms with Crippen LogP contribution in [-0.2, 0) is 4.74 Å². The molecule has 0 aliphatic carbocycles. The third-order valence-corrected chi connectivity index (χ3v) is 8.76. The normalized spacial score (nSPS) is 10.9. The van der Waals surface area contributed by atoms with Gasteiger partial charge in [-0.2, -0.15) is 0 Å². The van der Waals surface area contributed by atoms with Gasteiger partial charge in [-0.1, -0.05) is 54.6 Å². The molecular weight excluding hydrogens is 391 g/mol. The van der Waals surface area contributed by atoms with Crippen molar-refractivity contribution in [2.24, 2.45) is 0 Å². The van der Waals surface area contributed by atoms with Crippen LogP contribution in [0.1, 0.15) is 6.92 Å². The van der Waals surface area contributed by atoms with Crippen LogP contribution < -0.4 is 32.9 Å². The molecule has 0 radical (unpaired) electrons. The first-order chi connectivity index (χ1) is 11.9. The summed E-state index contributed by atoms with van der Waals surface area (Å²) in [4.78, 5) is 0. The number of benzene rings is 3. The third kappa shape index (κ3) is 4.39. The van der Waals surface area contributed by atoms with E-state index in [1.54, 1.807) is 0 Å². The zero-order valence-corrected chi connectivity index (χ0v) is 17.0. The Hall–Kier alpha value is -1.47. The second kappa shape index (κ2) is 9.87. The Morgan fingerprint density at radius 2 is 1.00 bits per heavy atom. The summed E-state index contributed by atoms with van der Waals surface area (Å²) in [6, 6.07) is 32.8. The highest BCUT2D eigenvalue weighted by molar-refractivity contribution is 7.95. The van der Waals surface area contributed by atoms with E-state index in [4.69, 9.17) is 4.74 Å². The molecule has 0 saturated carbocycles. The summed E-state index contributed by atoms with van der Waals surface area (Å²) in [5.41, 5.74) is 0. The smallest absolute Gasteiger partial charge is 0.114 e. The molecule has 3 aromatic carbocycles. The van der Waals surface area contributed by atoms with Crippen LogP contribution >= 0.6 is 7.26 Å². The fourth-order valence-electron chi connectivity index (χ4n) is 3.23. The predicted octanol–water partition coefficient (Wildman–Crippen LogP) is 1.02. The zero-order chi connectivity index (χ0) is 16.7. The van der Waals surface area contributed by atoms with Gasteiger partial charge in [-0.25, -0.2) is 0 Å². The Morgan fingerprint density at radius 1 is 0.640 bits per heavy atom. The van der Waals surface area contributed by atoms with E-state index < -0.39 is 7.26 Å². The maximum atomic E-state index is 5.78. The van der Waals surface area contributed by atoms with Gasteiger partial charge in [0.05, 0.1) is 12.8 Å². The van der Waals surface area contributed by atoms with Gasteiger partial charge in [-0.15, -0.1) is 0 Å². The maximum Gasteiger partial charge on any atom is 0.114 e. The van der Waals surface area contributed by atoms with Crippen molar-refractivity contribution < 1.29 is 21.7 Å². The van der Waals surface area contributed by atoms with E-state index in [0.29, 0.717) is 0 Å². The number of halogens is 1. The summed E-state index contributed by atoms with van der Waals surface area (Å²) in [6.45, 7) is 3.61. The highest BCUT2D eigenvalue weighted by Gasteiger charge is 2.44. The van der Waals surface area contributed by atoms with Gasteiger partial charge in [0.25, 0.3) is 0 Å². The SMILES string of the molecule is CCOCC[P+](c1ccccc1)(c1ccccc1)c1ccccc1.[Br-]. The fourth-order valence-corrected chi connectivity index (χ4v) is 7.34. The van der Waals surface area contributed by atoms with Crippen LogP contribution in [0.25, 0.3) is 0 Å². The number of ether oxygens (including phenoxy) is 1. The molecule has 0 spiro atoms. The first-order valence-electron chi connectivity index (χ1n) is 8.50.